The number of hydrogen-bond donors (Lipinski definition) is 2. The molecule has 0 aromatic heterocycles. The second-order valence-corrected chi connectivity index (χ2v) is 7.46. The average molecular weight is 524 g/mol. The van der Waals surface area contributed by atoms with E-state index in [-0.39, 0.29) is 24.0 Å². The Kier molecular flexibility index (Phi) is 10.2. The number of ether oxygens (including phenoxy) is 2. The Morgan fingerprint density at radius 3 is 2.60 bits per heavy atom. The summed E-state index contributed by atoms with van der Waals surface area (Å²) in [5.41, 5.74) is 8.50. The molecule has 1 aliphatic heterocycles. The van der Waals surface area contributed by atoms with Crippen molar-refractivity contribution in [2.75, 3.05) is 40.4 Å². The first kappa shape index (κ1) is 24.3. The zero-order valence-corrected chi connectivity index (χ0v) is 20.2. The van der Waals surface area contributed by atoms with Crippen molar-refractivity contribution in [1.82, 2.24) is 10.2 Å². The van der Waals surface area contributed by atoms with Gasteiger partial charge < -0.3 is 25.4 Å². The van der Waals surface area contributed by atoms with Crippen molar-refractivity contribution in [3.8, 4) is 11.5 Å². The number of nitrogens with two attached hydrogens (primary N) is 1. The molecule has 7 heteroatoms. The molecule has 1 saturated heterocycles. The molecular weight excluding hydrogens is 491 g/mol. The van der Waals surface area contributed by atoms with E-state index >= 15 is 0 Å². The van der Waals surface area contributed by atoms with E-state index in [1.165, 1.54) is 12.0 Å². The third kappa shape index (κ3) is 7.36. The summed E-state index contributed by atoms with van der Waals surface area (Å²) >= 11 is 0. The number of benzene rings is 2. The van der Waals surface area contributed by atoms with Crippen molar-refractivity contribution in [3.63, 3.8) is 0 Å². The van der Waals surface area contributed by atoms with Crippen LogP contribution in [0.2, 0.25) is 0 Å². The first-order chi connectivity index (χ1) is 14.2. The van der Waals surface area contributed by atoms with Gasteiger partial charge >= 0.3 is 0 Å². The number of nitrogens with one attached hydrogen (secondary N) is 1. The molecule has 3 rings (SSSR count). The maximum atomic E-state index is 6.06. The minimum absolute atomic E-state index is 0. The fourth-order valence-electron chi connectivity index (χ4n) is 3.67. The highest BCUT2D eigenvalue weighted by molar-refractivity contribution is 14.0. The average Bonchev–Trinajstić information content (AvgIpc) is 3.23. The molecule has 0 saturated carbocycles. The Bertz CT molecular complexity index is 801. The number of halogens is 1. The first-order valence-electron chi connectivity index (χ1n) is 10.2. The number of aliphatic imine (C=N–C) groups is 1. The molecule has 0 amide bonds. The lowest BCUT2D eigenvalue weighted by atomic mass is 10.1. The number of hydrogen-bond acceptors (Lipinski definition) is 4. The molecule has 6 nitrogen and oxygen atoms in total. The van der Waals surface area contributed by atoms with Gasteiger partial charge in [0, 0.05) is 19.6 Å². The molecule has 1 atom stereocenters. The maximum absolute atomic E-state index is 6.06. The molecule has 164 valence electrons. The van der Waals surface area contributed by atoms with Crippen molar-refractivity contribution in [1.29, 1.82) is 0 Å². The summed E-state index contributed by atoms with van der Waals surface area (Å²) in [6, 6.07) is 16.5. The summed E-state index contributed by atoms with van der Waals surface area (Å²) in [6.45, 7) is 4.75. The van der Waals surface area contributed by atoms with Gasteiger partial charge in [-0.25, -0.2) is 4.99 Å². The Morgan fingerprint density at radius 2 is 1.87 bits per heavy atom. The second kappa shape index (κ2) is 12.6. The highest BCUT2D eigenvalue weighted by Gasteiger charge is 2.21. The molecule has 1 unspecified atom stereocenters. The van der Waals surface area contributed by atoms with E-state index in [1.807, 2.05) is 18.2 Å². The van der Waals surface area contributed by atoms with Gasteiger partial charge in [-0.1, -0.05) is 36.4 Å². The molecule has 0 spiro atoms. The molecule has 2 aromatic carbocycles. The lowest BCUT2D eigenvalue weighted by Gasteiger charge is -2.16. The predicted octanol–water partition coefficient (Wildman–Crippen LogP) is 3.29. The van der Waals surface area contributed by atoms with E-state index in [2.05, 4.69) is 45.5 Å². The van der Waals surface area contributed by atoms with Crippen LogP contribution in [0.25, 0.3) is 0 Å². The van der Waals surface area contributed by atoms with Crippen LogP contribution in [0.5, 0.6) is 11.5 Å². The fraction of sp³-hybridized carbons (Fsp3) is 0.435. The molecule has 2 aromatic rings. The van der Waals surface area contributed by atoms with Gasteiger partial charge in [0.2, 0.25) is 0 Å². The number of guanidine groups is 1. The maximum Gasteiger partial charge on any atom is 0.188 e. The summed E-state index contributed by atoms with van der Waals surface area (Å²) in [6.07, 6.45) is 2.31. The Morgan fingerprint density at radius 1 is 1.10 bits per heavy atom. The highest BCUT2D eigenvalue weighted by Crippen LogP contribution is 2.27. The van der Waals surface area contributed by atoms with Crippen LogP contribution in [0, 0.1) is 5.92 Å². The van der Waals surface area contributed by atoms with Crippen LogP contribution in [0.3, 0.4) is 0 Å². The number of likely N-dealkylation sites (tertiary alicyclic amines) is 1. The summed E-state index contributed by atoms with van der Waals surface area (Å²) in [5.74, 6) is 2.51. The fourth-order valence-corrected chi connectivity index (χ4v) is 3.67. The summed E-state index contributed by atoms with van der Waals surface area (Å²) in [4.78, 5) is 6.99. The van der Waals surface area contributed by atoms with Crippen LogP contribution in [0.1, 0.15) is 17.5 Å². The lowest BCUT2D eigenvalue weighted by Crippen LogP contribution is -2.36. The van der Waals surface area contributed by atoms with Crippen molar-refractivity contribution in [3.05, 3.63) is 59.7 Å². The third-order valence-electron chi connectivity index (χ3n) is 5.38. The smallest absolute Gasteiger partial charge is 0.188 e. The van der Waals surface area contributed by atoms with Gasteiger partial charge in [0.1, 0.15) is 0 Å². The normalized spacial score (nSPS) is 16.7. The molecule has 1 fully saturated rings. The van der Waals surface area contributed by atoms with Gasteiger partial charge in [0.25, 0.3) is 0 Å². The number of rotatable bonds is 9. The number of nitrogens with zero attached hydrogens (tertiary/aromatic N) is 2. The molecule has 0 bridgehead atoms. The third-order valence-corrected chi connectivity index (χ3v) is 5.38. The van der Waals surface area contributed by atoms with Gasteiger partial charge in [-0.05, 0) is 48.6 Å². The highest BCUT2D eigenvalue weighted by atomic mass is 127. The SMILES string of the molecule is COc1ccc(CN=C(N)NCC2CCN(CCc3ccccc3)C2)cc1OC.I. The van der Waals surface area contributed by atoms with Crippen molar-refractivity contribution < 1.29 is 9.47 Å². The monoisotopic (exact) mass is 524 g/mol. The first-order valence-corrected chi connectivity index (χ1v) is 10.2. The predicted molar refractivity (Wildman–Crippen MR) is 133 cm³/mol. The topological polar surface area (TPSA) is 72.1 Å². The molecular formula is C23H33IN4O2. The van der Waals surface area contributed by atoms with Crippen LogP contribution in [-0.2, 0) is 13.0 Å². The second-order valence-electron chi connectivity index (χ2n) is 7.46. The quantitative estimate of drug-likeness (QED) is 0.299. The van der Waals surface area contributed by atoms with Crippen molar-refractivity contribution in [2.24, 2.45) is 16.6 Å². The van der Waals surface area contributed by atoms with Crippen molar-refractivity contribution >= 4 is 29.9 Å². The van der Waals surface area contributed by atoms with Crippen LogP contribution in [-0.4, -0.2) is 51.3 Å². The molecule has 1 heterocycles. The van der Waals surface area contributed by atoms with E-state index in [4.69, 9.17) is 15.2 Å². The van der Waals surface area contributed by atoms with Crippen LogP contribution in [0.4, 0.5) is 0 Å². The van der Waals surface area contributed by atoms with Gasteiger partial charge in [-0.15, -0.1) is 24.0 Å². The van der Waals surface area contributed by atoms with Gasteiger partial charge in [0.15, 0.2) is 17.5 Å². The van der Waals surface area contributed by atoms with E-state index < -0.39 is 0 Å². The minimum Gasteiger partial charge on any atom is -0.493 e. The standard InChI is InChI=1S/C23H32N4O2.HI/c1-28-21-9-8-19(14-22(21)29-2)15-25-23(24)26-16-20-11-13-27(17-20)12-10-18-6-4-3-5-7-18;/h3-9,14,20H,10-13,15-17H2,1-2H3,(H3,24,25,26);1H. The van der Waals surface area contributed by atoms with Gasteiger partial charge in [0.05, 0.1) is 20.8 Å². The zero-order valence-electron chi connectivity index (χ0n) is 17.8. The minimum atomic E-state index is 0. The Hall–Kier alpha value is -2.00. The molecule has 30 heavy (non-hydrogen) atoms. The van der Waals surface area contributed by atoms with E-state index in [0.717, 1.165) is 38.2 Å². The van der Waals surface area contributed by atoms with E-state index in [9.17, 15) is 0 Å². The summed E-state index contributed by atoms with van der Waals surface area (Å²) < 4.78 is 10.6. The van der Waals surface area contributed by atoms with E-state index in [0.29, 0.717) is 29.9 Å². The zero-order chi connectivity index (χ0) is 20.5. The van der Waals surface area contributed by atoms with Crippen LogP contribution >= 0.6 is 24.0 Å². The molecule has 3 N–H and O–H groups in total. The Balaban J connectivity index is 0.00000320. The Labute approximate surface area is 196 Å². The molecule has 1 aliphatic rings. The molecule has 0 aliphatic carbocycles. The van der Waals surface area contributed by atoms with Crippen molar-refractivity contribution in [2.45, 2.75) is 19.4 Å². The van der Waals surface area contributed by atoms with Gasteiger partial charge in [-0.3, -0.25) is 0 Å². The van der Waals surface area contributed by atoms with Crippen LogP contribution in [0.15, 0.2) is 53.5 Å². The summed E-state index contributed by atoms with van der Waals surface area (Å²) in [7, 11) is 3.26. The summed E-state index contributed by atoms with van der Waals surface area (Å²) in [5, 5.41) is 3.29. The molecule has 0 radical (unpaired) electrons. The largest absolute Gasteiger partial charge is 0.493 e. The lowest BCUT2D eigenvalue weighted by molar-refractivity contribution is 0.328. The number of methoxy groups -OCH3 is 2. The van der Waals surface area contributed by atoms with E-state index in [1.54, 1.807) is 14.2 Å². The van der Waals surface area contributed by atoms with Crippen LogP contribution < -0.4 is 20.5 Å². The van der Waals surface area contributed by atoms with Gasteiger partial charge in [-0.2, -0.15) is 0 Å².